The fraction of sp³-hybridized carbons (Fsp3) is 0.222. The van der Waals surface area contributed by atoms with Crippen molar-refractivity contribution < 1.29 is 8.42 Å². The monoisotopic (exact) mass is 367 g/mol. The van der Waals surface area contributed by atoms with Crippen molar-refractivity contribution in [2.45, 2.75) is 23.3 Å². The molecule has 0 radical (unpaired) electrons. The summed E-state index contributed by atoms with van der Waals surface area (Å²) in [6, 6.07) is 12.6. The normalized spacial score (nSPS) is 23.5. The van der Waals surface area contributed by atoms with Crippen molar-refractivity contribution in [1.29, 1.82) is 0 Å². The number of hydrogen-bond acceptors (Lipinski definition) is 4. The van der Waals surface area contributed by atoms with Gasteiger partial charge < -0.3 is 5.32 Å². The highest BCUT2D eigenvalue weighted by Gasteiger charge is 2.38. The molecule has 7 nitrogen and oxygen atoms in total. The van der Waals surface area contributed by atoms with E-state index in [9.17, 15) is 8.42 Å². The Kier molecular flexibility index (Phi) is 3.96. The second-order valence-electron chi connectivity index (χ2n) is 6.55. The summed E-state index contributed by atoms with van der Waals surface area (Å²) in [5.41, 5.74) is 12.1. The number of hydrogen-bond donors (Lipinski definition) is 2. The Labute approximate surface area is 151 Å². The maximum Gasteiger partial charge on any atom is 0.238 e. The van der Waals surface area contributed by atoms with Crippen LogP contribution in [0.1, 0.15) is 29.5 Å². The van der Waals surface area contributed by atoms with E-state index in [0.717, 1.165) is 23.2 Å². The van der Waals surface area contributed by atoms with Crippen molar-refractivity contribution in [3.8, 4) is 0 Å². The molecule has 2 aliphatic rings. The second kappa shape index (κ2) is 6.17. The molecule has 2 aromatic carbocycles. The summed E-state index contributed by atoms with van der Waals surface area (Å²) < 4.78 is 23.4. The lowest BCUT2D eigenvalue weighted by Crippen LogP contribution is -2.29. The van der Waals surface area contributed by atoms with Gasteiger partial charge in [-0.05, 0) is 47.2 Å². The van der Waals surface area contributed by atoms with Gasteiger partial charge in [0.1, 0.15) is 0 Å². The molecule has 3 atom stereocenters. The van der Waals surface area contributed by atoms with Gasteiger partial charge in [-0.15, -0.1) is 0 Å². The lowest BCUT2D eigenvalue weighted by atomic mass is 9.77. The van der Waals surface area contributed by atoms with Crippen LogP contribution in [0.4, 0.5) is 11.4 Å². The van der Waals surface area contributed by atoms with Crippen LogP contribution in [0, 0.1) is 5.92 Å². The first kappa shape index (κ1) is 16.7. The Balaban J connectivity index is 1.74. The molecule has 2 aromatic rings. The van der Waals surface area contributed by atoms with Gasteiger partial charge in [0.05, 0.1) is 10.9 Å². The van der Waals surface area contributed by atoms with Gasteiger partial charge in [-0.1, -0.05) is 41.5 Å². The first-order valence-electron chi connectivity index (χ1n) is 8.22. The minimum atomic E-state index is -3.73. The molecule has 4 rings (SSSR count). The van der Waals surface area contributed by atoms with E-state index in [1.54, 1.807) is 24.3 Å². The third-order valence-corrected chi connectivity index (χ3v) is 5.99. The van der Waals surface area contributed by atoms with Crippen LogP contribution < -0.4 is 10.5 Å². The van der Waals surface area contributed by atoms with Gasteiger partial charge in [-0.25, -0.2) is 13.6 Å². The summed E-state index contributed by atoms with van der Waals surface area (Å²) in [5.74, 6) is 0.415. The predicted octanol–water partition coefficient (Wildman–Crippen LogP) is 4.10. The Bertz CT molecular complexity index is 1040. The maximum atomic E-state index is 11.7. The molecular formula is C18H17N5O2S. The molecule has 0 unspecified atom stereocenters. The quantitative estimate of drug-likeness (QED) is 0.367. The molecule has 1 heterocycles. The van der Waals surface area contributed by atoms with Crippen LogP contribution in [0.25, 0.3) is 10.4 Å². The zero-order valence-corrected chi connectivity index (χ0v) is 14.6. The van der Waals surface area contributed by atoms with E-state index in [2.05, 4.69) is 27.5 Å². The van der Waals surface area contributed by atoms with Gasteiger partial charge in [0, 0.05) is 22.2 Å². The molecule has 0 amide bonds. The van der Waals surface area contributed by atoms with Gasteiger partial charge in [0.15, 0.2) is 0 Å². The average molecular weight is 367 g/mol. The number of fused-ring (bicyclic) bond motifs is 3. The molecule has 0 aromatic heterocycles. The number of nitrogens with two attached hydrogens (primary N) is 1. The number of allylic oxidation sites excluding steroid dienone is 2. The standard InChI is InChI=1S/C18H17N5O2S/c19-23-22-12-6-4-11(5-7-12)18-15-3-1-2-14(15)16-10-13(26(20,24)25)8-9-17(16)21-18/h1-2,4-10,14-15,18,21H,3H2,(H2,20,24,25)/t14-,15+,18+/m1/s1. The molecule has 1 aliphatic carbocycles. The number of primary sulfonamides is 1. The number of nitrogens with one attached hydrogen (secondary N) is 1. The predicted molar refractivity (Wildman–Crippen MR) is 99.4 cm³/mol. The SMILES string of the molecule is [N-]=[N+]=Nc1ccc([C@@H]2Nc3ccc(S(N)(=O)=O)cc3[C@@H]3C=CC[C@@H]32)cc1. The molecule has 132 valence electrons. The molecule has 0 saturated carbocycles. The molecule has 0 fully saturated rings. The van der Waals surface area contributed by atoms with E-state index < -0.39 is 10.0 Å². The highest BCUT2D eigenvalue weighted by atomic mass is 32.2. The Morgan fingerprint density at radius 3 is 2.65 bits per heavy atom. The summed E-state index contributed by atoms with van der Waals surface area (Å²) >= 11 is 0. The molecule has 3 N–H and O–H groups in total. The topological polar surface area (TPSA) is 121 Å². The summed E-state index contributed by atoms with van der Waals surface area (Å²) in [5, 5.41) is 12.4. The van der Waals surface area contributed by atoms with Crippen LogP contribution in [0.2, 0.25) is 0 Å². The molecule has 0 saturated heterocycles. The van der Waals surface area contributed by atoms with Crippen molar-refractivity contribution in [3.63, 3.8) is 0 Å². The highest BCUT2D eigenvalue weighted by molar-refractivity contribution is 7.89. The van der Waals surface area contributed by atoms with Crippen LogP contribution in [0.3, 0.4) is 0 Å². The average Bonchev–Trinajstić information content (AvgIpc) is 3.11. The summed E-state index contributed by atoms with van der Waals surface area (Å²) in [4.78, 5) is 2.93. The van der Waals surface area contributed by atoms with Crippen molar-refractivity contribution in [2.75, 3.05) is 5.32 Å². The number of anilines is 1. The molecule has 1 aliphatic heterocycles. The lowest BCUT2D eigenvalue weighted by molar-refractivity contribution is 0.425. The van der Waals surface area contributed by atoms with Crippen molar-refractivity contribution in [1.82, 2.24) is 0 Å². The van der Waals surface area contributed by atoms with Crippen molar-refractivity contribution in [2.24, 2.45) is 16.2 Å². The van der Waals surface area contributed by atoms with Gasteiger partial charge >= 0.3 is 0 Å². The van der Waals surface area contributed by atoms with Gasteiger partial charge in [-0.2, -0.15) is 0 Å². The number of benzene rings is 2. The summed E-state index contributed by atoms with van der Waals surface area (Å²) in [7, 11) is -3.73. The summed E-state index contributed by atoms with van der Waals surface area (Å²) in [6.45, 7) is 0. The highest BCUT2D eigenvalue weighted by Crippen LogP contribution is 2.50. The second-order valence-corrected chi connectivity index (χ2v) is 8.11. The maximum absolute atomic E-state index is 11.7. The molecule has 0 bridgehead atoms. The van der Waals surface area contributed by atoms with E-state index >= 15 is 0 Å². The van der Waals surface area contributed by atoms with Crippen molar-refractivity contribution >= 4 is 21.4 Å². The van der Waals surface area contributed by atoms with E-state index in [4.69, 9.17) is 10.7 Å². The molecule has 26 heavy (non-hydrogen) atoms. The third kappa shape index (κ3) is 2.84. The van der Waals surface area contributed by atoms with Crippen molar-refractivity contribution in [3.05, 3.63) is 76.2 Å². The van der Waals surface area contributed by atoms with Crippen LogP contribution in [0.5, 0.6) is 0 Å². The minimum Gasteiger partial charge on any atom is -0.378 e. The Morgan fingerprint density at radius 2 is 1.96 bits per heavy atom. The summed E-state index contributed by atoms with van der Waals surface area (Å²) in [6.07, 6.45) is 5.18. The van der Waals surface area contributed by atoms with Crippen LogP contribution in [0.15, 0.2) is 64.6 Å². The smallest absolute Gasteiger partial charge is 0.238 e. The van der Waals surface area contributed by atoms with E-state index in [-0.39, 0.29) is 22.8 Å². The minimum absolute atomic E-state index is 0.0861. The molecule has 8 heteroatoms. The molecular weight excluding hydrogens is 350 g/mol. The largest absolute Gasteiger partial charge is 0.378 e. The van der Waals surface area contributed by atoms with E-state index in [1.807, 2.05) is 12.1 Å². The Hall–Kier alpha value is -2.80. The number of azide groups is 1. The van der Waals surface area contributed by atoms with Crippen LogP contribution in [-0.2, 0) is 10.0 Å². The zero-order chi connectivity index (χ0) is 18.3. The number of sulfonamides is 1. The fourth-order valence-corrected chi connectivity index (χ4v) is 4.43. The first-order chi connectivity index (χ1) is 12.5. The van der Waals surface area contributed by atoms with Crippen LogP contribution >= 0.6 is 0 Å². The van der Waals surface area contributed by atoms with E-state index in [1.165, 1.54) is 6.07 Å². The van der Waals surface area contributed by atoms with Gasteiger partial charge in [0.2, 0.25) is 10.0 Å². The third-order valence-electron chi connectivity index (χ3n) is 5.08. The first-order valence-corrected chi connectivity index (χ1v) is 9.77. The van der Waals surface area contributed by atoms with Crippen LogP contribution in [-0.4, -0.2) is 8.42 Å². The number of rotatable bonds is 3. The van der Waals surface area contributed by atoms with Gasteiger partial charge in [-0.3, -0.25) is 0 Å². The van der Waals surface area contributed by atoms with Gasteiger partial charge in [0.25, 0.3) is 0 Å². The lowest BCUT2D eigenvalue weighted by Gasteiger charge is -2.37. The fourth-order valence-electron chi connectivity index (χ4n) is 3.88. The number of nitrogens with zero attached hydrogens (tertiary/aromatic N) is 3. The van der Waals surface area contributed by atoms with E-state index in [0.29, 0.717) is 5.69 Å². The molecule has 0 spiro atoms. The Morgan fingerprint density at radius 1 is 1.19 bits per heavy atom. The zero-order valence-electron chi connectivity index (χ0n) is 13.8.